The van der Waals surface area contributed by atoms with E-state index in [1.54, 1.807) is 11.3 Å². The molecule has 0 radical (unpaired) electrons. The van der Waals surface area contributed by atoms with Crippen LogP contribution in [0.25, 0.3) is 10.2 Å². The highest BCUT2D eigenvalue weighted by Gasteiger charge is 2.10. The van der Waals surface area contributed by atoms with Crippen molar-refractivity contribution in [1.29, 1.82) is 0 Å². The third kappa shape index (κ3) is 4.98. The summed E-state index contributed by atoms with van der Waals surface area (Å²) < 4.78 is 4.28. The average molecular weight is 343 g/mol. The van der Waals surface area contributed by atoms with Gasteiger partial charge < -0.3 is 10.6 Å². The number of rotatable bonds is 8. The highest BCUT2D eigenvalue weighted by atomic mass is 32.1. The summed E-state index contributed by atoms with van der Waals surface area (Å²) in [4.78, 5) is 23.8. The van der Waals surface area contributed by atoms with Crippen molar-refractivity contribution in [3.8, 4) is 0 Å². The third-order valence-electron chi connectivity index (χ3n) is 2.91. The summed E-state index contributed by atoms with van der Waals surface area (Å²) in [6.07, 6.45) is 3.09. The molecule has 0 aliphatic rings. The van der Waals surface area contributed by atoms with Crippen LogP contribution in [0.4, 0.5) is 5.00 Å². The van der Waals surface area contributed by atoms with Crippen LogP contribution in [0.3, 0.4) is 0 Å². The summed E-state index contributed by atoms with van der Waals surface area (Å²) in [5.74, 6) is 0.182. The number of nitrogens with zero attached hydrogens (tertiary/aromatic N) is 1. The maximum atomic E-state index is 11.9. The molecule has 0 saturated heterocycles. The Labute approximate surface area is 136 Å². The number of carbonyl (C=O) groups excluding carboxylic acids is 2. The first-order valence-corrected chi connectivity index (χ1v) is 8.99. The number of unbranched alkanes of at least 4 members (excludes halogenated alkanes) is 2. The van der Waals surface area contributed by atoms with E-state index in [4.69, 9.17) is 0 Å². The first-order chi connectivity index (χ1) is 10.2. The van der Waals surface area contributed by atoms with Gasteiger partial charge in [0.25, 0.3) is 0 Å². The Morgan fingerprint density at radius 3 is 2.90 bits per heavy atom. The van der Waals surface area contributed by atoms with Crippen LogP contribution in [0.15, 0.2) is 11.4 Å². The van der Waals surface area contributed by atoms with Crippen LogP contribution in [0, 0.1) is 0 Å². The average Bonchev–Trinajstić information content (AvgIpc) is 3.07. The van der Waals surface area contributed by atoms with E-state index >= 15 is 0 Å². The Kier molecular flexibility index (Phi) is 6.47. The fourth-order valence-corrected chi connectivity index (χ4v) is 3.62. The molecule has 2 rings (SSSR count). The van der Waals surface area contributed by atoms with Crippen molar-refractivity contribution in [2.75, 3.05) is 17.6 Å². The molecular formula is C13H17N3O2S3. The number of thiol groups is 1. The molecule has 2 heterocycles. The largest absolute Gasteiger partial charge is 0.355 e. The van der Waals surface area contributed by atoms with Crippen LogP contribution in [0.2, 0.25) is 0 Å². The fourth-order valence-electron chi connectivity index (χ4n) is 1.83. The van der Waals surface area contributed by atoms with Crippen LogP contribution in [0.1, 0.15) is 25.7 Å². The monoisotopic (exact) mass is 343 g/mol. The lowest BCUT2D eigenvalue weighted by Gasteiger charge is -2.04. The van der Waals surface area contributed by atoms with Gasteiger partial charge in [-0.2, -0.15) is 17.0 Å². The summed E-state index contributed by atoms with van der Waals surface area (Å²) in [5.41, 5.74) is 0. The molecule has 114 valence electrons. The molecule has 0 aliphatic heterocycles. The molecule has 2 amide bonds. The number of nitrogens with one attached hydrogen (secondary N) is 2. The second-order valence-electron chi connectivity index (χ2n) is 4.52. The molecule has 0 atom stereocenters. The van der Waals surface area contributed by atoms with E-state index in [1.165, 1.54) is 11.5 Å². The Morgan fingerprint density at radius 1 is 1.24 bits per heavy atom. The third-order valence-corrected chi connectivity index (χ3v) is 4.90. The smallest absolute Gasteiger partial charge is 0.229 e. The zero-order chi connectivity index (χ0) is 15.1. The summed E-state index contributed by atoms with van der Waals surface area (Å²) in [5, 5.41) is 9.49. The number of thiophene rings is 1. The number of aromatic nitrogens is 1. The number of anilines is 1. The highest BCUT2D eigenvalue weighted by molar-refractivity contribution is 7.81. The van der Waals surface area contributed by atoms with Gasteiger partial charge in [0.05, 0.1) is 5.75 Å². The molecule has 2 aromatic heterocycles. The molecule has 0 saturated carbocycles. The van der Waals surface area contributed by atoms with Gasteiger partial charge >= 0.3 is 0 Å². The first-order valence-electron chi connectivity index (χ1n) is 6.71. The van der Waals surface area contributed by atoms with E-state index in [0.29, 0.717) is 13.0 Å². The van der Waals surface area contributed by atoms with E-state index in [1.807, 2.05) is 11.4 Å². The molecule has 0 fully saturated rings. The van der Waals surface area contributed by atoms with Crippen LogP contribution in [-0.4, -0.2) is 28.5 Å². The summed E-state index contributed by atoms with van der Waals surface area (Å²) >= 11 is 6.78. The number of fused-ring (bicyclic) bond motifs is 1. The van der Waals surface area contributed by atoms with Crippen molar-refractivity contribution in [2.45, 2.75) is 25.7 Å². The lowest BCUT2D eigenvalue weighted by Crippen LogP contribution is -2.25. The van der Waals surface area contributed by atoms with Crippen molar-refractivity contribution in [2.24, 2.45) is 0 Å². The van der Waals surface area contributed by atoms with Crippen molar-refractivity contribution < 1.29 is 9.59 Å². The number of carbonyl (C=O) groups is 2. The molecule has 0 spiro atoms. The van der Waals surface area contributed by atoms with Crippen LogP contribution in [-0.2, 0) is 9.59 Å². The molecule has 5 nitrogen and oxygen atoms in total. The lowest BCUT2D eigenvalue weighted by atomic mass is 10.2. The minimum atomic E-state index is -0.0546. The van der Waals surface area contributed by atoms with Gasteiger partial charge in [0.1, 0.15) is 9.83 Å². The Balaban J connectivity index is 1.62. The lowest BCUT2D eigenvalue weighted by molar-refractivity contribution is -0.118. The molecular weight excluding hydrogens is 326 g/mol. The van der Waals surface area contributed by atoms with E-state index < -0.39 is 0 Å². The van der Waals surface area contributed by atoms with Crippen molar-refractivity contribution in [3.05, 3.63) is 11.4 Å². The highest BCUT2D eigenvalue weighted by Crippen LogP contribution is 2.31. The Hall–Kier alpha value is -1.12. The van der Waals surface area contributed by atoms with Gasteiger partial charge in [0.15, 0.2) is 0 Å². The van der Waals surface area contributed by atoms with Crippen LogP contribution >= 0.6 is 35.5 Å². The van der Waals surface area contributed by atoms with Gasteiger partial charge in [-0.05, 0) is 35.8 Å². The number of hydrogen-bond acceptors (Lipinski definition) is 6. The van der Waals surface area contributed by atoms with E-state index in [9.17, 15) is 9.59 Å². The van der Waals surface area contributed by atoms with Gasteiger partial charge in [-0.3, -0.25) is 9.59 Å². The predicted octanol–water partition coefficient (Wildman–Crippen LogP) is 2.90. The molecule has 2 N–H and O–H groups in total. The van der Waals surface area contributed by atoms with E-state index in [-0.39, 0.29) is 17.6 Å². The zero-order valence-electron chi connectivity index (χ0n) is 11.4. The SMILES string of the molecule is O=C(CS)NCCCCCC(=O)Nc1snc2sccc12. The van der Waals surface area contributed by atoms with E-state index in [0.717, 1.165) is 34.5 Å². The van der Waals surface area contributed by atoms with Gasteiger partial charge in [0.2, 0.25) is 11.8 Å². The molecule has 0 bridgehead atoms. The van der Waals surface area contributed by atoms with Crippen LogP contribution in [0.5, 0.6) is 0 Å². The molecule has 8 heteroatoms. The first kappa shape index (κ1) is 16.3. The van der Waals surface area contributed by atoms with Crippen molar-refractivity contribution in [1.82, 2.24) is 9.69 Å². The van der Waals surface area contributed by atoms with Crippen molar-refractivity contribution >= 4 is 62.5 Å². The fraction of sp³-hybridized carbons (Fsp3) is 0.462. The maximum absolute atomic E-state index is 11.9. The summed E-state index contributed by atoms with van der Waals surface area (Å²) in [7, 11) is 0. The van der Waals surface area contributed by atoms with Gasteiger partial charge in [0, 0.05) is 18.4 Å². The predicted molar refractivity (Wildman–Crippen MR) is 91.5 cm³/mol. The molecule has 21 heavy (non-hydrogen) atoms. The second kappa shape index (κ2) is 8.35. The van der Waals surface area contributed by atoms with E-state index in [2.05, 4.69) is 27.6 Å². The quantitative estimate of drug-likeness (QED) is 0.510. The van der Waals surface area contributed by atoms with Crippen molar-refractivity contribution in [3.63, 3.8) is 0 Å². The Morgan fingerprint density at radius 2 is 2.10 bits per heavy atom. The zero-order valence-corrected chi connectivity index (χ0v) is 14.0. The van der Waals surface area contributed by atoms with Crippen LogP contribution < -0.4 is 10.6 Å². The second-order valence-corrected chi connectivity index (χ2v) is 6.50. The van der Waals surface area contributed by atoms with Gasteiger partial charge in [-0.25, -0.2) is 0 Å². The minimum Gasteiger partial charge on any atom is -0.355 e. The molecule has 2 aromatic rings. The van der Waals surface area contributed by atoms with Gasteiger partial charge in [-0.15, -0.1) is 11.3 Å². The van der Waals surface area contributed by atoms with Gasteiger partial charge in [-0.1, -0.05) is 6.42 Å². The number of amides is 2. The minimum absolute atomic E-state index is 0.0196. The maximum Gasteiger partial charge on any atom is 0.229 e. The number of hydrogen-bond donors (Lipinski definition) is 3. The molecule has 0 unspecified atom stereocenters. The molecule has 0 aromatic carbocycles. The summed E-state index contributed by atoms with van der Waals surface area (Å²) in [6.45, 7) is 0.644. The Bertz CT molecular complexity index is 609. The standard InChI is InChI=1S/C13H17N3O2S3/c17-10(4-2-1-3-6-14-11(18)8-19)15-12-9-5-7-20-13(9)16-21-12/h5,7,19H,1-4,6,8H2,(H,14,18)(H,15,17). The topological polar surface area (TPSA) is 71.1 Å². The molecule has 0 aliphatic carbocycles. The normalized spacial score (nSPS) is 10.7. The summed E-state index contributed by atoms with van der Waals surface area (Å²) in [6, 6.07) is 1.98.